The molecule has 0 aliphatic rings. The Labute approximate surface area is 144 Å². The van der Waals surface area contributed by atoms with Gasteiger partial charge in [-0.3, -0.25) is 0 Å². The molecule has 0 aromatic heterocycles. The zero-order chi connectivity index (χ0) is 16.5. The van der Waals surface area contributed by atoms with Crippen molar-refractivity contribution in [2.45, 2.75) is 91.4 Å². The molecule has 0 aromatic carbocycles. The second-order valence-corrected chi connectivity index (χ2v) is 6.74. The molecule has 0 bridgehead atoms. The summed E-state index contributed by atoms with van der Waals surface area (Å²) >= 11 is 5.67. The lowest BCUT2D eigenvalue weighted by atomic mass is 10.1. The van der Waals surface area contributed by atoms with Crippen LogP contribution in [0, 0.1) is 0 Å². The average molecular weight is 325 g/mol. The minimum absolute atomic E-state index is 0.812. The highest BCUT2D eigenvalue weighted by Crippen LogP contribution is 2.11. The largest absolute Gasteiger partial charge is 0.127 e. The number of allylic oxidation sites excluding steroid dienone is 6. The molecule has 0 rings (SSSR count). The topological polar surface area (TPSA) is 0 Å². The van der Waals surface area contributed by atoms with Crippen molar-refractivity contribution < 1.29 is 0 Å². The SMILES string of the molecule is CCCCCC(C)=CCC=C(C)CC=CCCCCCCCl. The fourth-order valence-corrected chi connectivity index (χ4v) is 2.59. The van der Waals surface area contributed by atoms with Crippen LogP contribution in [0.5, 0.6) is 0 Å². The van der Waals surface area contributed by atoms with E-state index in [1.165, 1.54) is 63.4 Å². The number of halogens is 1. The van der Waals surface area contributed by atoms with Gasteiger partial charge in [0, 0.05) is 5.88 Å². The van der Waals surface area contributed by atoms with Gasteiger partial charge in [-0.15, -0.1) is 11.6 Å². The summed E-state index contributed by atoms with van der Waals surface area (Å²) in [5.41, 5.74) is 3.03. The molecule has 128 valence electrons. The van der Waals surface area contributed by atoms with E-state index in [-0.39, 0.29) is 0 Å². The summed E-state index contributed by atoms with van der Waals surface area (Å²) in [5.74, 6) is 0.812. The molecule has 0 unspecified atom stereocenters. The number of hydrogen-bond acceptors (Lipinski definition) is 0. The monoisotopic (exact) mass is 324 g/mol. The lowest BCUT2D eigenvalue weighted by Crippen LogP contribution is -1.80. The summed E-state index contributed by atoms with van der Waals surface area (Å²) in [5, 5.41) is 0. The van der Waals surface area contributed by atoms with Crippen molar-refractivity contribution in [1.29, 1.82) is 0 Å². The molecule has 0 saturated carbocycles. The van der Waals surface area contributed by atoms with Crippen LogP contribution in [-0.2, 0) is 0 Å². The minimum Gasteiger partial charge on any atom is -0.127 e. The van der Waals surface area contributed by atoms with E-state index in [9.17, 15) is 0 Å². The molecule has 0 fully saturated rings. The Morgan fingerprint density at radius 2 is 1.55 bits per heavy atom. The first-order valence-electron chi connectivity index (χ1n) is 9.23. The van der Waals surface area contributed by atoms with Gasteiger partial charge < -0.3 is 0 Å². The summed E-state index contributed by atoms with van der Waals surface area (Å²) in [6, 6.07) is 0. The van der Waals surface area contributed by atoms with Gasteiger partial charge in [0.1, 0.15) is 0 Å². The van der Waals surface area contributed by atoms with E-state index in [1.54, 1.807) is 5.57 Å². The Hall–Kier alpha value is -0.490. The second-order valence-electron chi connectivity index (χ2n) is 6.36. The maximum atomic E-state index is 5.67. The molecular weight excluding hydrogens is 288 g/mol. The number of hydrogen-bond donors (Lipinski definition) is 0. The summed E-state index contributed by atoms with van der Waals surface area (Å²) in [6.07, 6.45) is 23.2. The molecule has 0 nitrogen and oxygen atoms in total. The Balaban J connectivity index is 3.68. The van der Waals surface area contributed by atoms with Crippen molar-refractivity contribution in [2.75, 3.05) is 5.88 Å². The van der Waals surface area contributed by atoms with Crippen LogP contribution < -0.4 is 0 Å². The smallest absolute Gasteiger partial charge is 0.0223 e. The van der Waals surface area contributed by atoms with E-state index in [0.717, 1.165) is 18.7 Å². The van der Waals surface area contributed by atoms with Gasteiger partial charge in [0.05, 0.1) is 0 Å². The first kappa shape index (κ1) is 21.5. The number of unbranched alkanes of at least 4 members (excludes halogenated alkanes) is 6. The highest BCUT2D eigenvalue weighted by Gasteiger charge is 1.91. The Kier molecular flexibility index (Phi) is 16.5. The van der Waals surface area contributed by atoms with Crippen LogP contribution in [0.25, 0.3) is 0 Å². The number of rotatable bonds is 14. The Bertz CT molecular complexity index is 323. The summed E-state index contributed by atoms with van der Waals surface area (Å²) in [6.45, 7) is 6.77. The van der Waals surface area contributed by atoms with Gasteiger partial charge in [0.2, 0.25) is 0 Å². The van der Waals surface area contributed by atoms with Gasteiger partial charge in [-0.2, -0.15) is 0 Å². The Morgan fingerprint density at radius 1 is 0.818 bits per heavy atom. The molecule has 0 aromatic rings. The van der Waals surface area contributed by atoms with Crippen molar-refractivity contribution in [3.8, 4) is 0 Å². The van der Waals surface area contributed by atoms with Crippen molar-refractivity contribution >= 4 is 11.6 Å². The zero-order valence-electron chi connectivity index (χ0n) is 15.2. The predicted molar refractivity (Wildman–Crippen MR) is 104 cm³/mol. The molecular formula is C21H37Cl. The first-order valence-corrected chi connectivity index (χ1v) is 9.76. The molecule has 0 spiro atoms. The van der Waals surface area contributed by atoms with Crippen LogP contribution in [-0.4, -0.2) is 5.88 Å². The van der Waals surface area contributed by atoms with Crippen LogP contribution >= 0.6 is 11.6 Å². The van der Waals surface area contributed by atoms with Crippen LogP contribution in [0.4, 0.5) is 0 Å². The van der Waals surface area contributed by atoms with Gasteiger partial charge >= 0.3 is 0 Å². The van der Waals surface area contributed by atoms with E-state index in [1.807, 2.05) is 0 Å². The molecule has 0 aliphatic heterocycles. The van der Waals surface area contributed by atoms with E-state index in [4.69, 9.17) is 11.6 Å². The average Bonchev–Trinajstić information content (AvgIpc) is 2.50. The third-order valence-electron chi connectivity index (χ3n) is 3.97. The molecule has 0 heterocycles. The van der Waals surface area contributed by atoms with Crippen molar-refractivity contribution in [2.24, 2.45) is 0 Å². The van der Waals surface area contributed by atoms with E-state index in [2.05, 4.69) is 45.1 Å². The van der Waals surface area contributed by atoms with Crippen molar-refractivity contribution in [3.63, 3.8) is 0 Å². The second kappa shape index (κ2) is 16.9. The fraction of sp³-hybridized carbons (Fsp3) is 0.714. The van der Waals surface area contributed by atoms with Crippen LogP contribution in [0.15, 0.2) is 35.5 Å². The molecule has 22 heavy (non-hydrogen) atoms. The van der Waals surface area contributed by atoms with E-state index >= 15 is 0 Å². The maximum Gasteiger partial charge on any atom is 0.0223 e. The minimum atomic E-state index is 0.812. The van der Waals surface area contributed by atoms with Crippen molar-refractivity contribution in [3.05, 3.63) is 35.5 Å². The number of alkyl halides is 1. The van der Waals surface area contributed by atoms with Crippen LogP contribution in [0.1, 0.15) is 91.4 Å². The molecule has 0 amide bonds. The van der Waals surface area contributed by atoms with Gasteiger partial charge in [-0.1, -0.05) is 68.1 Å². The highest BCUT2D eigenvalue weighted by molar-refractivity contribution is 6.17. The van der Waals surface area contributed by atoms with Crippen LogP contribution in [0.2, 0.25) is 0 Å². The van der Waals surface area contributed by atoms with Gasteiger partial charge in [-0.05, 0) is 58.8 Å². The zero-order valence-corrected chi connectivity index (χ0v) is 15.9. The maximum absolute atomic E-state index is 5.67. The Morgan fingerprint density at radius 3 is 2.27 bits per heavy atom. The third kappa shape index (κ3) is 15.9. The van der Waals surface area contributed by atoms with Gasteiger partial charge in [0.25, 0.3) is 0 Å². The molecule has 0 radical (unpaired) electrons. The van der Waals surface area contributed by atoms with E-state index < -0.39 is 0 Å². The van der Waals surface area contributed by atoms with Crippen molar-refractivity contribution in [1.82, 2.24) is 0 Å². The fourth-order valence-electron chi connectivity index (χ4n) is 2.40. The molecule has 0 N–H and O–H groups in total. The van der Waals surface area contributed by atoms with E-state index in [0.29, 0.717) is 0 Å². The standard InChI is InChI=1S/C21H37Cl/c1-4-5-11-15-20(2)17-14-18-21(3)16-12-9-7-6-8-10-13-19-22/h9,12,17-18H,4-8,10-11,13-16,19H2,1-3H3. The first-order chi connectivity index (χ1) is 10.7. The predicted octanol–water partition coefficient (Wildman–Crippen LogP) is 7.99. The molecule has 0 aliphatic carbocycles. The summed E-state index contributed by atoms with van der Waals surface area (Å²) < 4.78 is 0. The molecule has 1 heteroatoms. The lowest BCUT2D eigenvalue weighted by molar-refractivity contribution is 0.676. The highest BCUT2D eigenvalue weighted by atomic mass is 35.5. The quantitative estimate of drug-likeness (QED) is 0.172. The summed E-state index contributed by atoms with van der Waals surface area (Å²) in [4.78, 5) is 0. The summed E-state index contributed by atoms with van der Waals surface area (Å²) in [7, 11) is 0. The third-order valence-corrected chi connectivity index (χ3v) is 4.24. The van der Waals surface area contributed by atoms with Gasteiger partial charge in [0.15, 0.2) is 0 Å². The molecule has 0 atom stereocenters. The van der Waals surface area contributed by atoms with Crippen LogP contribution in [0.3, 0.4) is 0 Å². The molecule has 0 saturated heterocycles. The lowest BCUT2D eigenvalue weighted by Gasteiger charge is -2.00. The van der Waals surface area contributed by atoms with Gasteiger partial charge in [-0.25, -0.2) is 0 Å². The normalized spacial score (nSPS) is 13.3.